The SMILES string of the molecule is COC(=O)C(=O)C=C(O)c1cnc(CC2C=CC(F)=CC2)o1. The van der Waals surface area contributed by atoms with Crippen LogP contribution in [0.5, 0.6) is 0 Å². The Balaban J connectivity index is 2.02. The molecule has 0 aromatic carbocycles. The molecule has 6 nitrogen and oxygen atoms in total. The van der Waals surface area contributed by atoms with E-state index in [9.17, 15) is 19.1 Å². The summed E-state index contributed by atoms with van der Waals surface area (Å²) in [5.74, 6) is -2.53. The molecule has 0 spiro atoms. The molecule has 2 rings (SSSR count). The summed E-state index contributed by atoms with van der Waals surface area (Å²) in [6.45, 7) is 0. The molecule has 0 saturated heterocycles. The molecule has 1 unspecified atom stereocenters. The first-order valence-corrected chi connectivity index (χ1v) is 6.51. The standard InChI is InChI=1S/C15H14FNO5/c1-21-15(20)12(19)7-11(18)13-8-17-14(22-13)6-9-2-4-10(16)5-3-9/h2,4-5,7-9,18H,3,6H2,1H3. The molecule has 0 aliphatic heterocycles. The van der Waals surface area contributed by atoms with Gasteiger partial charge in [-0.15, -0.1) is 0 Å². The topological polar surface area (TPSA) is 89.6 Å². The van der Waals surface area contributed by atoms with Gasteiger partial charge < -0.3 is 14.3 Å². The Labute approximate surface area is 125 Å². The number of aliphatic hydroxyl groups is 1. The van der Waals surface area contributed by atoms with Crippen molar-refractivity contribution in [2.45, 2.75) is 12.8 Å². The van der Waals surface area contributed by atoms with Crippen molar-refractivity contribution in [1.82, 2.24) is 4.98 Å². The van der Waals surface area contributed by atoms with E-state index in [2.05, 4.69) is 9.72 Å². The summed E-state index contributed by atoms with van der Waals surface area (Å²) in [4.78, 5) is 26.2. The van der Waals surface area contributed by atoms with E-state index in [1.807, 2.05) is 0 Å². The Morgan fingerprint density at radius 3 is 3.00 bits per heavy atom. The number of allylic oxidation sites excluding steroid dienone is 4. The molecule has 0 saturated carbocycles. The summed E-state index contributed by atoms with van der Waals surface area (Å²) in [5.41, 5.74) is 0. The minimum Gasteiger partial charge on any atom is -0.504 e. The van der Waals surface area contributed by atoms with Crippen LogP contribution in [0.25, 0.3) is 5.76 Å². The quantitative estimate of drug-likeness (QED) is 0.388. The normalized spacial score (nSPS) is 18.0. The van der Waals surface area contributed by atoms with Gasteiger partial charge >= 0.3 is 5.97 Å². The number of ketones is 1. The van der Waals surface area contributed by atoms with E-state index >= 15 is 0 Å². The third-order valence-electron chi connectivity index (χ3n) is 3.04. The van der Waals surface area contributed by atoms with E-state index in [0.29, 0.717) is 24.8 Å². The summed E-state index contributed by atoms with van der Waals surface area (Å²) >= 11 is 0. The van der Waals surface area contributed by atoms with Crippen molar-refractivity contribution < 1.29 is 28.2 Å². The van der Waals surface area contributed by atoms with Crippen molar-refractivity contribution in [3.8, 4) is 0 Å². The minimum absolute atomic E-state index is 0.0336. The monoisotopic (exact) mass is 307 g/mol. The van der Waals surface area contributed by atoms with Crippen LogP contribution in [0.1, 0.15) is 18.1 Å². The lowest BCUT2D eigenvalue weighted by Gasteiger charge is -2.10. The molecular formula is C15H14FNO5. The number of oxazole rings is 1. The average Bonchev–Trinajstić information content (AvgIpc) is 2.97. The number of carbonyl (C=O) groups is 2. The number of carbonyl (C=O) groups excluding carboxylic acids is 2. The van der Waals surface area contributed by atoms with E-state index < -0.39 is 17.5 Å². The van der Waals surface area contributed by atoms with E-state index in [4.69, 9.17) is 4.42 Å². The maximum Gasteiger partial charge on any atom is 0.378 e. The molecule has 1 heterocycles. The maximum absolute atomic E-state index is 12.8. The Morgan fingerprint density at radius 2 is 2.36 bits per heavy atom. The lowest BCUT2D eigenvalue weighted by Crippen LogP contribution is -2.12. The van der Waals surface area contributed by atoms with Crippen LogP contribution in [0.3, 0.4) is 0 Å². The van der Waals surface area contributed by atoms with E-state index in [0.717, 1.165) is 7.11 Å². The van der Waals surface area contributed by atoms with Gasteiger partial charge in [0.25, 0.3) is 5.78 Å². The van der Waals surface area contributed by atoms with Crippen LogP contribution in [0.2, 0.25) is 0 Å². The first-order valence-electron chi connectivity index (χ1n) is 6.51. The summed E-state index contributed by atoms with van der Waals surface area (Å²) in [5, 5.41) is 9.71. The van der Waals surface area contributed by atoms with Crippen molar-refractivity contribution in [2.75, 3.05) is 7.11 Å². The van der Waals surface area contributed by atoms with Gasteiger partial charge in [-0.2, -0.15) is 0 Å². The summed E-state index contributed by atoms with van der Waals surface area (Å²) in [7, 11) is 1.06. The Hall–Kier alpha value is -2.70. The highest BCUT2D eigenvalue weighted by Crippen LogP contribution is 2.22. The zero-order chi connectivity index (χ0) is 16.1. The number of rotatable bonds is 5. The van der Waals surface area contributed by atoms with Gasteiger partial charge in [0.1, 0.15) is 5.83 Å². The largest absolute Gasteiger partial charge is 0.504 e. The lowest BCUT2D eigenvalue weighted by molar-refractivity contribution is -0.149. The van der Waals surface area contributed by atoms with Crippen LogP contribution in [0, 0.1) is 5.92 Å². The predicted octanol–water partition coefficient (Wildman–Crippen LogP) is 2.29. The number of nitrogens with zero attached hydrogens (tertiary/aromatic N) is 1. The zero-order valence-electron chi connectivity index (χ0n) is 11.8. The number of halogens is 1. The van der Waals surface area contributed by atoms with Crippen LogP contribution in [-0.4, -0.2) is 29.0 Å². The van der Waals surface area contributed by atoms with E-state index in [-0.39, 0.29) is 17.5 Å². The van der Waals surface area contributed by atoms with Crippen molar-refractivity contribution in [3.63, 3.8) is 0 Å². The number of aromatic nitrogens is 1. The highest BCUT2D eigenvalue weighted by Gasteiger charge is 2.17. The molecule has 1 aliphatic rings. The lowest BCUT2D eigenvalue weighted by atomic mass is 9.97. The van der Waals surface area contributed by atoms with Gasteiger partial charge in [-0.1, -0.05) is 6.08 Å². The average molecular weight is 307 g/mol. The minimum atomic E-state index is -1.09. The second kappa shape index (κ2) is 6.84. The first-order chi connectivity index (χ1) is 10.5. The van der Waals surface area contributed by atoms with Crippen LogP contribution < -0.4 is 0 Å². The summed E-state index contributed by atoms with van der Waals surface area (Å²) in [6.07, 6.45) is 7.48. The molecule has 22 heavy (non-hydrogen) atoms. The third kappa shape index (κ3) is 3.91. The van der Waals surface area contributed by atoms with Gasteiger partial charge in [-0.05, 0) is 24.5 Å². The van der Waals surface area contributed by atoms with Gasteiger partial charge in [0.2, 0.25) is 0 Å². The van der Waals surface area contributed by atoms with Crippen molar-refractivity contribution in [1.29, 1.82) is 0 Å². The van der Waals surface area contributed by atoms with Crippen LogP contribution in [-0.2, 0) is 20.7 Å². The highest BCUT2D eigenvalue weighted by atomic mass is 19.1. The van der Waals surface area contributed by atoms with Crippen LogP contribution >= 0.6 is 0 Å². The van der Waals surface area contributed by atoms with Gasteiger partial charge in [-0.3, -0.25) is 4.79 Å². The van der Waals surface area contributed by atoms with Crippen molar-refractivity contribution >= 4 is 17.5 Å². The van der Waals surface area contributed by atoms with Crippen molar-refractivity contribution in [2.24, 2.45) is 5.92 Å². The molecule has 0 fully saturated rings. The smallest absolute Gasteiger partial charge is 0.378 e. The van der Waals surface area contributed by atoms with E-state index in [1.165, 1.54) is 18.3 Å². The Kier molecular flexibility index (Phi) is 4.88. The fourth-order valence-corrected chi connectivity index (χ4v) is 1.89. The van der Waals surface area contributed by atoms with Gasteiger partial charge in [0.05, 0.1) is 13.3 Å². The molecule has 0 amide bonds. The molecule has 116 valence electrons. The number of aliphatic hydroxyl groups excluding tert-OH is 1. The van der Waals surface area contributed by atoms with Crippen molar-refractivity contribution in [3.05, 3.63) is 48.0 Å². The molecule has 1 aliphatic carbocycles. The fourth-order valence-electron chi connectivity index (χ4n) is 1.89. The fraction of sp³-hybridized carbons (Fsp3) is 0.267. The zero-order valence-corrected chi connectivity index (χ0v) is 11.8. The molecular weight excluding hydrogens is 293 g/mol. The molecule has 1 N–H and O–H groups in total. The molecule has 0 bridgehead atoms. The predicted molar refractivity (Wildman–Crippen MR) is 74.3 cm³/mol. The number of hydrogen-bond acceptors (Lipinski definition) is 6. The Bertz CT molecular complexity index is 671. The van der Waals surface area contributed by atoms with Gasteiger partial charge in [0, 0.05) is 12.5 Å². The third-order valence-corrected chi connectivity index (χ3v) is 3.04. The molecule has 0 radical (unpaired) electrons. The van der Waals surface area contributed by atoms with Gasteiger partial charge in [-0.25, -0.2) is 14.2 Å². The molecule has 1 aromatic rings. The summed E-state index contributed by atoms with van der Waals surface area (Å²) < 4.78 is 22.4. The Morgan fingerprint density at radius 1 is 1.59 bits per heavy atom. The second-order valence-electron chi connectivity index (χ2n) is 4.65. The molecule has 1 aromatic heterocycles. The first kappa shape index (κ1) is 15.7. The molecule has 7 heteroatoms. The maximum atomic E-state index is 12.8. The number of ether oxygens (including phenoxy) is 1. The van der Waals surface area contributed by atoms with Crippen LogP contribution in [0.15, 0.2) is 40.7 Å². The number of esters is 1. The second-order valence-corrected chi connectivity index (χ2v) is 4.65. The number of methoxy groups -OCH3 is 1. The van der Waals surface area contributed by atoms with E-state index in [1.54, 1.807) is 6.08 Å². The van der Waals surface area contributed by atoms with Crippen LogP contribution in [0.4, 0.5) is 4.39 Å². The molecule has 1 atom stereocenters. The number of hydrogen-bond donors (Lipinski definition) is 1. The summed E-state index contributed by atoms with van der Waals surface area (Å²) in [6, 6.07) is 0. The van der Waals surface area contributed by atoms with Gasteiger partial charge in [0.15, 0.2) is 17.4 Å². The highest BCUT2D eigenvalue weighted by molar-refractivity contribution is 6.39.